The van der Waals surface area contributed by atoms with Crippen molar-refractivity contribution < 1.29 is 19.0 Å². The fraction of sp³-hybridized carbons (Fsp3) is 0.389. The van der Waals surface area contributed by atoms with Crippen LogP contribution in [0.25, 0.3) is 0 Å². The van der Waals surface area contributed by atoms with Gasteiger partial charge < -0.3 is 14.2 Å². The predicted molar refractivity (Wildman–Crippen MR) is 98.1 cm³/mol. The molecule has 0 aliphatic carbocycles. The van der Waals surface area contributed by atoms with Crippen molar-refractivity contribution >= 4 is 29.1 Å². The average Bonchev–Trinajstić information content (AvgIpc) is 3.07. The van der Waals surface area contributed by atoms with Crippen LogP contribution < -0.4 is 4.74 Å². The first kappa shape index (κ1) is 18.8. The minimum atomic E-state index is -0.408. The lowest BCUT2D eigenvalue weighted by atomic mass is 10.3. The lowest BCUT2D eigenvalue weighted by molar-refractivity contribution is -0.0783. The van der Waals surface area contributed by atoms with Crippen molar-refractivity contribution in [1.82, 2.24) is 0 Å². The molecule has 24 heavy (non-hydrogen) atoms. The molecular formula is C18H22O4S2. The number of esters is 1. The largest absolute Gasteiger partial charge is 0.465 e. The lowest BCUT2D eigenvalue weighted by Crippen LogP contribution is -2.20. The smallest absolute Gasteiger partial charge is 0.348 e. The molecule has 0 saturated heterocycles. The van der Waals surface area contributed by atoms with Crippen molar-refractivity contribution in [2.75, 3.05) is 13.2 Å². The van der Waals surface area contributed by atoms with E-state index in [1.54, 1.807) is 6.07 Å². The molecule has 0 fully saturated rings. The maximum absolute atomic E-state index is 11.6. The van der Waals surface area contributed by atoms with E-state index < -0.39 is 6.29 Å². The minimum absolute atomic E-state index is 0.203. The number of hydrogen-bond acceptors (Lipinski definition) is 6. The summed E-state index contributed by atoms with van der Waals surface area (Å²) in [6.07, 6.45) is -0.408. The van der Waals surface area contributed by atoms with Gasteiger partial charge in [-0.15, -0.1) is 23.1 Å². The Morgan fingerprint density at radius 1 is 1.12 bits per heavy atom. The van der Waals surface area contributed by atoms with E-state index in [0.717, 1.165) is 5.75 Å². The summed E-state index contributed by atoms with van der Waals surface area (Å²) in [5.41, 5.74) is 0. The number of thioether (sulfide) groups is 1. The van der Waals surface area contributed by atoms with Gasteiger partial charge in [-0.05, 0) is 42.6 Å². The Labute approximate surface area is 151 Å². The van der Waals surface area contributed by atoms with E-state index in [4.69, 9.17) is 14.2 Å². The van der Waals surface area contributed by atoms with Crippen molar-refractivity contribution in [1.29, 1.82) is 0 Å². The molecule has 0 saturated carbocycles. The summed E-state index contributed by atoms with van der Waals surface area (Å²) in [4.78, 5) is 13.5. The van der Waals surface area contributed by atoms with Gasteiger partial charge in [-0.3, -0.25) is 0 Å². The van der Waals surface area contributed by atoms with Gasteiger partial charge in [0.05, 0.1) is 6.61 Å². The van der Waals surface area contributed by atoms with Gasteiger partial charge in [-0.2, -0.15) is 0 Å². The van der Waals surface area contributed by atoms with Crippen LogP contribution in [-0.2, 0) is 9.47 Å². The second-order valence-corrected chi connectivity index (χ2v) is 7.91. The summed E-state index contributed by atoms with van der Waals surface area (Å²) >= 11 is 3.17. The van der Waals surface area contributed by atoms with Gasteiger partial charge in [0.25, 0.3) is 0 Å². The molecule has 1 unspecified atom stereocenters. The van der Waals surface area contributed by atoms with E-state index in [2.05, 4.69) is 13.8 Å². The molecule has 6 heteroatoms. The number of carbonyl (C=O) groups is 1. The van der Waals surface area contributed by atoms with Crippen molar-refractivity contribution in [3.05, 3.63) is 46.7 Å². The topological polar surface area (TPSA) is 44.8 Å². The molecule has 0 spiro atoms. The lowest BCUT2D eigenvalue weighted by Gasteiger charge is -2.16. The molecule has 0 aliphatic rings. The highest BCUT2D eigenvalue weighted by Gasteiger charge is 2.09. The van der Waals surface area contributed by atoms with Gasteiger partial charge >= 0.3 is 5.97 Å². The van der Waals surface area contributed by atoms with Crippen LogP contribution in [0.2, 0.25) is 0 Å². The zero-order chi connectivity index (χ0) is 17.4. The highest BCUT2D eigenvalue weighted by Crippen LogP contribution is 2.25. The molecule has 130 valence electrons. The fourth-order valence-corrected chi connectivity index (χ4v) is 3.36. The first-order chi connectivity index (χ1) is 11.5. The molecule has 1 atom stereocenters. The number of benzene rings is 1. The Morgan fingerprint density at radius 2 is 1.88 bits per heavy atom. The molecule has 2 rings (SSSR count). The zero-order valence-corrected chi connectivity index (χ0v) is 15.7. The average molecular weight is 367 g/mol. The van der Waals surface area contributed by atoms with Crippen LogP contribution in [0, 0.1) is 0 Å². The maximum atomic E-state index is 11.6. The van der Waals surface area contributed by atoms with Crippen molar-refractivity contribution in [2.45, 2.75) is 37.2 Å². The first-order valence-electron chi connectivity index (χ1n) is 7.80. The Morgan fingerprint density at radius 3 is 2.50 bits per heavy atom. The molecule has 2 aromatic rings. The Hall–Kier alpha value is -1.50. The van der Waals surface area contributed by atoms with Gasteiger partial charge in [0.2, 0.25) is 0 Å². The summed E-state index contributed by atoms with van der Waals surface area (Å²) in [6, 6.07) is 11.5. The van der Waals surface area contributed by atoms with Gasteiger partial charge in [-0.25, -0.2) is 4.79 Å². The minimum Gasteiger partial charge on any atom is -0.465 e. The van der Waals surface area contributed by atoms with E-state index >= 15 is 0 Å². The number of thiophene rings is 1. The van der Waals surface area contributed by atoms with Crippen LogP contribution in [0.15, 0.2) is 46.7 Å². The third-order valence-corrected chi connectivity index (χ3v) is 4.75. The van der Waals surface area contributed by atoms with Crippen LogP contribution in [0.3, 0.4) is 0 Å². The quantitative estimate of drug-likeness (QED) is 0.275. The van der Waals surface area contributed by atoms with Crippen molar-refractivity contribution in [3.63, 3.8) is 0 Å². The highest BCUT2D eigenvalue weighted by atomic mass is 32.2. The standard InChI is InChI=1S/C18H22O4S2/c1-13(2)24-16-8-6-15(7-9-16)22-14(3)20-10-11-21-18(19)17-5-4-12-23-17/h4-9,12-14H,10-11H2,1-3H3. The summed E-state index contributed by atoms with van der Waals surface area (Å²) in [7, 11) is 0. The van der Waals surface area contributed by atoms with E-state index in [9.17, 15) is 4.79 Å². The molecule has 1 aromatic heterocycles. The SMILES string of the molecule is CC(OCCOC(=O)c1cccs1)Oc1ccc(SC(C)C)cc1. The second-order valence-electron chi connectivity index (χ2n) is 5.31. The Balaban J connectivity index is 1.65. The van der Waals surface area contributed by atoms with Gasteiger partial charge in [0.1, 0.15) is 17.2 Å². The number of rotatable bonds is 9. The molecule has 0 amide bonds. The Bertz CT molecular complexity index is 608. The fourth-order valence-electron chi connectivity index (χ4n) is 1.91. The molecule has 0 radical (unpaired) electrons. The predicted octanol–water partition coefficient (Wildman–Crippen LogP) is 4.85. The van der Waals surface area contributed by atoms with E-state index in [1.807, 2.05) is 54.4 Å². The first-order valence-corrected chi connectivity index (χ1v) is 9.56. The van der Waals surface area contributed by atoms with Crippen LogP contribution in [-0.4, -0.2) is 30.7 Å². The summed E-state index contributed by atoms with van der Waals surface area (Å²) < 4.78 is 16.3. The van der Waals surface area contributed by atoms with Crippen LogP contribution in [0.4, 0.5) is 0 Å². The van der Waals surface area contributed by atoms with Crippen LogP contribution >= 0.6 is 23.1 Å². The van der Waals surface area contributed by atoms with E-state index in [1.165, 1.54) is 16.2 Å². The molecule has 0 N–H and O–H groups in total. The summed E-state index contributed by atoms with van der Waals surface area (Å²) in [5, 5.41) is 2.39. The number of carbonyl (C=O) groups excluding carboxylic acids is 1. The highest BCUT2D eigenvalue weighted by molar-refractivity contribution is 7.99. The van der Waals surface area contributed by atoms with Crippen molar-refractivity contribution in [2.24, 2.45) is 0 Å². The van der Waals surface area contributed by atoms with Crippen molar-refractivity contribution in [3.8, 4) is 5.75 Å². The third kappa shape index (κ3) is 6.55. The maximum Gasteiger partial charge on any atom is 0.348 e. The number of ether oxygens (including phenoxy) is 3. The molecule has 1 heterocycles. The monoisotopic (exact) mass is 366 g/mol. The van der Waals surface area contributed by atoms with Crippen LogP contribution in [0.5, 0.6) is 5.75 Å². The normalized spacial score (nSPS) is 12.2. The zero-order valence-electron chi connectivity index (χ0n) is 14.1. The summed E-state index contributed by atoms with van der Waals surface area (Å²) in [5.74, 6) is 0.437. The summed E-state index contributed by atoms with van der Waals surface area (Å²) in [6.45, 7) is 6.64. The number of hydrogen-bond donors (Lipinski definition) is 0. The molecule has 0 bridgehead atoms. The van der Waals surface area contributed by atoms with Gasteiger partial charge in [0.15, 0.2) is 6.29 Å². The van der Waals surface area contributed by atoms with Gasteiger partial charge in [-0.1, -0.05) is 19.9 Å². The molecule has 4 nitrogen and oxygen atoms in total. The Kier molecular flexibility index (Phi) is 7.62. The van der Waals surface area contributed by atoms with E-state index in [-0.39, 0.29) is 12.6 Å². The van der Waals surface area contributed by atoms with Gasteiger partial charge in [0, 0.05) is 10.1 Å². The van der Waals surface area contributed by atoms with Crippen LogP contribution in [0.1, 0.15) is 30.4 Å². The third-order valence-electron chi connectivity index (χ3n) is 2.89. The molecular weight excluding hydrogens is 344 g/mol. The van der Waals surface area contributed by atoms with E-state index in [0.29, 0.717) is 16.7 Å². The molecule has 0 aliphatic heterocycles. The second kappa shape index (κ2) is 9.71. The molecule has 1 aromatic carbocycles.